The molecule has 0 bridgehead atoms. The molecule has 1 atom stereocenters. The van der Waals surface area contributed by atoms with Crippen molar-refractivity contribution in [2.45, 2.75) is 13.0 Å². The molecule has 3 N–H and O–H groups in total. The van der Waals surface area contributed by atoms with Crippen LogP contribution in [0, 0.1) is 6.92 Å². The molecular formula is C14H17BrN4O2. The number of nitrogens with two attached hydrogens (primary N) is 1. The minimum Gasteiger partial charge on any atom is -0.480 e. The van der Waals surface area contributed by atoms with E-state index >= 15 is 0 Å². The predicted molar refractivity (Wildman–Crippen MR) is 83.2 cm³/mol. The SMILES string of the molecule is COc1cnc(C(NN)c2cccc(C)c2Br)c(OC)n1. The summed E-state index contributed by atoms with van der Waals surface area (Å²) >= 11 is 3.58. The average molecular weight is 353 g/mol. The Balaban J connectivity index is 2.53. The summed E-state index contributed by atoms with van der Waals surface area (Å²) in [5, 5.41) is 0. The lowest BCUT2D eigenvalue weighted by Crippen LogP contribution is -2.30. The van der Waals surface area contributed by atoms with Crippen LogP contribution in [0.15, 0.2) is 28.9 Å². The van der Waals surface area contributed by atoms with Crippen molar-refractivity contribution in [3.05, 3.63) is 45.7 Å². The Morgan fingerprint density at radius 1 is 1.29 bits per heavy atom. The smallest absolute Gasteiger partial charge is 0.240 e. The highest BCUT2D eigenvalue weighted by Gasteiger charge is 2.23. The van der Waals surface area contributed by atoms with Gasteiger partial charge in [0.15, 0.2) is 0 Å². The third-order valence-electron chi connectivity index (χ3n) is 3.12. The largest absolute Gasteiger partial charge is 0.480 e. The van der Waals surface area contributed by atoms with E-state index in [2.05, 4.69) is 31.3 Å². The molecule has 0 radical (unpaired) electrons. The van der Waals surface area contributed by atoms with Crippen LogP contribution in [0.25, 0.3) is 0 Å². The molecule has 1 aromatic carbocycles. The molecule has 0 amide bonds. The maximum atomic E-state index is 5.72. The van der Waals surface area contributed by atoms with Gasteiger partial charge in [-0.3, -0.25) is 5.84 Å². The Bertz CT molecular complexity index is 636. The van der Waals surface area contributed by atoms with Crippen molar-refractivity contribution in [3.63, 3.8) is 0 Å². The Labute approximate surface area is 131 Å². The van der Waals surface area contributed by atoms with Gasteiger partial charge < -0.3 is 9.47 Å². The highest BCUT2D eigenvalue weighted by molar-refractivity contribution is 9.10. The molecule has 1 heterocycles. The molecule has 6 nitrogen and oxygen atoms in total. The van der Waals surface area contributed by atoms with Gasteiger partial charge >= 0.3 is 0 Å². The van der Waals surface area contributed by atoms with Crippen LogP contribution in [-0.4, -0.2) is 24.2 Å². The van der Waals surface area contributed by atoms with E-state index in [4.69, 9.17) is 15.3 Å². The van der Waals surface area contributed by atoms with Crippen LogP contribution >= 0.6 is 15.9 Å². The van der Waals surface area contributed by atoms with Crippen LogP contribution in [-0.2, 0) is 0 Å². The van der Waals surface area contributed by atoms with Crippen LogP contribution < -0.4 is 20.7 Å². The molecule has 0 aliphatic heterocycles. The van der Waals surface area contributed by atoms with Crippen LogP contribution in [0.1, 0.15) is 22.9 Å². The first kappa shape index (κ1) is 15.7. The standard InChI is InChI=1S/C14H17BrN4O2/c1-8-5-4-6-9(11(8)15)12(19-16)13-14(21-3)18-10(20-2)7-17-13/h4-7,12,19H,16H2,1-3H3. The Kier molecular flexibility index (Phi) is 5.11. The van der Waals surface area contributed by atoms with Gasteiger partial charge in [0.1, 0.15) is 5.69 Å². The lowest BCUT2D eigenvalue weighted by atomic mass is 10.0. The van der Waals surface area contributed by atoms with Gasteiger partial charge in [-0.05, 0) is 18.1 Å². The molecule has 2 rings (SSSR count). The molecule has 0 fully saturated rings. The van der Waals surface area contributed by atoms with Crippen molar-refractivity contribution in [2.24, 2.45) is 5.84 Å². The summed E-state index contributed by atoms with van der Waals surface area (Å²) in [5.74, 6) is 6.47. The maximum absolute atomic E-state index is 5.72. The van der Waals surface area contributed by atoms with Gasteiger partial charge in [-0.15, -0.1) is 0 Å². The average Bonchev–Trinajstić information content (AvgIpc) is 2.52. The van der Waals surface area contributed by atoms with E-state index in [1.165, 1.54) is 20.4 Å². The third-order valence-corrected chi connectivity index (χ3v) is 4.20. The molecule has 21 heavy (non-hydrogen) atoms. The second-order valence-electron chi connectivity index (χ2n) is 4.38. The van der Waals surface area contributed by atoms with E-state index in [1.807, 2.05) is 25.1 Å². The van der Waals surface area contributed by atoms with Gasteiger partial charge in [-0.1, -0.05) is 34.1 Å². The van der Waals surface area contributed by atoms with Gasteiger partial charge in [-0.2, -0.15) is 4.98 Å². The van der Waals surface area contributed by atoms with Crippen LogP contribution in [0.2, 0.25) is 0 Å². The molecule has 1 aromatic heterocycles. The van der Waals surface area contributed by atoms with Crippen molar-refractivity contribution in [2.75, 3.05) is 14.2 Å². The summed E-state index contributed by atoms with van der Waals surface area (Å²) in [6, 6.07) is 5.58. The molecule has 0 aliphatic rings. The lowest BCUT2D eigenvalue weighted by molar-refractivity contribution is 0.352. The Morgan fingerprint density at radius 2 is 2.05 bits per heavy atom. The molecule has 0 spiro atoms. The number of methoxy groups -OCH3 is 2. The highest BCUT2D eigenvalue weighted by atomic mass is 79.9. The van der Waals surface area contributed by atoms with E-state index in [0.29, 0.717) is 17.5 Å². The molecule has 2 aromatic rings. The summed E-state index contributed by atoms with van der Waals surface area (Å²) < 4.78 is 11.3. The Hall–Kier alpha value is -1.70. The fourth-order valence-corrected chi connectivity index (χ4v) is 2.52. The number of aromatic nitrogens is 2. The first-order valence-electron chi connectivity index (χ1n) is 6.28. The quantitative estimate of drug-likeness (QED) is 0.633. The second-order valence-corrected chi connectivity index (χ2v) is 5.18. The summed E-state index contributed by atoms with van der Waals surface area (Å²) in [7, 11) is 3.06. The summed E-state index contributed by atoms with van der Waals surface area (Å²) in [4.78, 5) is 8.60. The monoisotopic (exact) mass is 352 g/mol. The summed E-state index contributed by atoms with van der Waals surface area (Å²) in [6.07, 6.45) is 1.53. The van der Waals surface area contributed by atoms with Crippen molar-refractivity contribution < 1.29 is 9.47 Å². The minimum absolute atomic E-state index is 0.354. The Morgan fingerprint density at radius 3 is 2.67 bits per heavy atom. The minimum atomic E-state index is -0.354. The van der Waals surface area contributed by atoms with Crippen LogP contribution in [0.5, 0.6) is 11.8 Å². The first-order chi connectivity index (χ1) is 10.1. The zero-order chi connectivity index (χ0) is 15.4. The maximum Gasteiger partial charge on any atom is 0.240 e. The van der Waals surface area contributed by atoms with Gasteiger partial charge in [0.2, 0.25) is 11.8 Å². The first-order valence-corrected chi connectivity index (χ1v) is 7.07. The van der Waals surface area contributed by atoms with E-state index in [0.717, 1.165) is 15.6 Å². The topological polar surface area (TPSA) is 82.3 Å². The second kappa shape index (κ2) is 6.84. The van der Waals surface area contributed by atoms with Gasteiger partial charge in [-0.25, -0.2) is 10.4 Å². The molecule has 112 valence electrons. The zero-order valence-electron chi connectivity index (χ0n) is 12.1. The molecule has 7 heteroatoms. The molecule has 0 saturated carbocycles. The van der Waals surface area contributed by atoms with Gasteiger partial charge in [0, 0.05) is 4.47 Å². The van der Waals surface area contributed by atoms with E-state index in [1.54, 1.807) is 0 Å². The fraction of sp³-hybridized carbons (Fsp3) is 0.286. The number of nitrogens with zero attached hydrogens (tertiary/aromatic N) is 2. The normalized spacial score (nSPS) is 12.0. The fourth-order valence-electron chi connectivity index (χ4n) is 2.02. The van der Waals surface area contributed by atoms with Gasteiger partial charge in [0.05, 0.1) is 26.5 Å². The molecular weight excluding hydrogens is 336 g/mol. The number of rotatable bonds is 5. The van der Waals surface area contributed by atoms with Crippen molar-refractivity contribution in [1.29, 1.82) is 0 Å². The number of aryl methyl sites for hydroxylation is 1. The van der Waals surface area contributed by atoms with E-state index in [9.17, 15) is 0 Å². The predicted octanol–water partition coefficient (Wildman–Crippen LogP) is 2.12. The highest BCUT2D eigenvalue weighted by Crippen LogP contribution is 2.33. The van der Waals surface area contributed by atoms with E-state index in [-0.39, 0.29) is 6.04 Å². The molecule has 1 unspecified atom stereocenters. The van der Waals surface area contributed by atoms with Crippen molar-refractivity contribution in [1.82, 2.24) is 15.4 Å². The van der Waals surface area contributed by atoms with Crippen LogP contribution in [0.4, 0.5) is 0 Å². The van der Waals surface area contributed by atoms with Gasteiger partial charge in [0.25, 0.3) is 0 Å². The number of halogens is 1. The number of hydrazine groups is 1. The van der Waals surface area contributed by atoms with Crippen molar-refractivity contribution in [3.8, 4) is 11.8 Å². The number of hydrogen-bond acceptors (Lipinski definition) is 6. The lowest BCUT2D eigenvalue weighted by Gasteiger charge is -2.20. The molecule has 0 saturated heterocycles. The van der Waals surface area contributed by atoms with Crippen LogP contribution in [0.3, 0.4) is 0 Å². The third kappa shape index (κ3) is 3.15. The van der Waals surface area contributed by atoms with Crippen molar-refractivity contribution >= 4 is 15.9 Å². The summed E-state index contributed by atoms with van der Waals surface area (Å²) in [6.45, 7) is 2.01. The zero-order valence-corrected chi connectivity index (χ0v) is 13.6. The number of hydrogen-bond donors (Lipinski definition) is 2. The summed E-state index contributed by atoms with van der Waals surface area (Å²) in [5.41, 5.74) is 5.41. The van der Waals surface area contributed by atoms with E-state index < -0.39 is 0 Å². The number of ether oxygens (including phenoxy) is 2. The number of benzene rings is 1. The number of nitrogens with one attached hydrogen (secondary N) is 1. The molecule has 0 aliphatic carbocycles.